The minimum atomic E-state index is 0.0164. The number of benzene rings is 1. The van der Waals surface area contributed by atoms with Gasteiger partial charge in [0.25, 0.3) is 0 Å². The zero-order chi connectivity index (χ0) is 16.8. The molecule has 0 spiro atoms. The molecule has 1 aliphatic rings. The van der Waals surface area contributed by atoms with Gasteiger partial charge in [0.15, 0.2) is 0 Å². The number of hydrogen-bond donors (Lipinski definition) is 2. The van der Waals surface area contributed by atoms with Gasteiger partial charge in [-0.2, -0.15) is 0 Å². The molecule has 3 rings (SSSR count). The van der Waals surface area contributed by atoms with E-state index in [1.54, 1.807) is 18.0 Å². The number of nitrogens with one attached hydrogen (secondary N) is 2. The molecular weight excluding hydrogens is 320 g/mol. The summed E-state index contributed by atoms with van der Waals surface area (Å²) in [5, 5.41) is 6.38. The van der Waals surface area contributed by atoms with Gasteiger partial charge in [0, 0.05) is 48.7 Å². The standard InChI is InChI=1S/C18H22N4OS/c1-24-16-6-4-15(5-7-16)21-18(23)13-22-10-9-20-12-17(22)14-3-2-8-19-11-14/h2-8,11,17,20H,9-10,12-13H2,1H3,(H,21,23). The van der Waals surface area contributed by atoms with Crippen LogP contribution in [0.4, 0.5) is 5.69 Å². The van der Waals surface area contributed by atoms with Crippen LogP contribution in [0.25, 0.3) is 0 Å². The Morgan fingerprint density at radius 3 is 2.92 bits per heavy atom. The minimum absolute atomic E-state index is 0.0164. The number of aromatic nitrogens is 1. The number of carbonyl (C=O) groups is 1. The van der Waals surface area contributed by atoms with Gasteiger partial charge in [-0.1, -0.05) is 6.07 Å². The van der Waals surface area contributed by atoms with Gasteiger partial charge in [-0.3, -0.25) is 14.7 Å². The molecule has 126 valence electrons. The van der Waals surface area contributed by atoms with Crippen molar-refractivity contribution in [2.45, 2.75) is 10.9 Å². The summed E-state index contributed by atoms with van der Waals surface area (Å²) in [5.41, 5.74) is 1.98. The van der Waals surface area contributed by atoms with Gasteiger partial charge in [-0.05, 0) is 42.2 Å². The molecule has 0 aliphatic carbocycles. The lowest BCUT2D eigenvalue weighted by atomic mass is 10.1. The van der Waals surface area contributed by atoms with E-state index in [1.165, 1.54) is 4.90 Å². The van der Waals surface area contributed by atoms with Crippen molar-refractivity contribution in [1.29, 1.82) is 0 Å². The molecule has 6 heteroatoms. The second kappa shape index (κ2) is 8.28. The average molecular weight is 342 g/mol. The number of amides is 1. The van der Waals surface area contributed by atoms with E-state index in [2.05, 4.69) is 26.6 Å². The van der Waals surface area contributed by atoms with E-state index in [0.29, 0.717) is 6.54 Å². The smallest absolute Gasteiger partial charge is 0.238 e. The molecule has 2 aromatic rings. The molecule has 1 fully saturated rings. The van der Waals surface area contributed by atoms with Crippen molar-refractivity contribution in [3.8, 4) is 0 Å². The topological polar surface area (TPSA) is 57.3 Å². The molecule has 1 atom stereocenters. The number of pyridine rings is 1. The molecule has 5 nitrogen and oxygen atoms in total. The second-order valence-corrected chi connectivity index (χ2v) is 6.63. The van der Waals surface area contributed by atoms with Crippen LogP contribution in [0.1, 0.15) is 11.6 Å². The number of thioether (sulfide) groups is 1. The third-order valence-corrected chi connectivity index (χ3v) is 4.89. The lowest BCUT2D eigenvalue weighted by molar-refractivity contribution is -0.118. The molecule has 1 amide bonds. The van der Waals surface area contributed by atoms with Crippen LogP contribution in [0.2, 0.25) is 0 Å². The van der Waals surface area contributed by atoms with Gasteiger partial charge in [0.1, 0.15) is 0 Å². The van der Waals surface area contributed by atoms with Crippen LogP contribution in [0, 0.1) is 0 Å². The third-order valence-electron chi connectivity index (χ3n) is 4.14. The lowest BCUT2D eigenvalue weighted by Gasteiger charge is -2.35. The molecule has 2 N–H and O–H groups in total. The molecule has 0 bridgehead atoms. The predicted molar refractivity (Wildman–Crippen MR) is 98.3 cm³/mol. The fourth-order valence-corrected chi connectivity index (χ4v) is 3.30. The van der Waals surface area contributed by atoms with Crippen LogP contribution < -0.4 is 10.6 Å². The Bertz CT molecular complexity index is 662. The fourth-order valence-electron chi connectivity index (χ4n) is 2.90. The van der Waals surface area contributed by atoms with Gasteiger partial charge >= 0.3 is 0 Å². The molecule has 24 heavy (non-hydrogen) atoms. The van der Waals surface area contributed by atoms with E-state index in [-0.39, 0.29) is 11.9 Å². The first kappa shape index (κ1) is 17.0. The molecule has 1 aliphatic heterocycles. The Labute approximate surface area is 146 Å². The van der Waals surface area contributed by atoms with E-state index in [0.717, 1.165) is 30.9 Å². The molecule has 1 unspecified atom stereocenters. The third kappa shape index (κ3) is 4.35. The van der Waals surface area contributed by atoms with Crippen molar-refractivity contribution in [2.24, 2.45) is 0 Å². The first-order valence-corrected chi connectivity index (χ1v) is 9.27. The molecule has 1 aromatic heterocycles. The number of carbonyl (C=O) groups excluding carboxylic acids is 1. The maximum absolute atomic E-state index is 12.4. The van der Waals surface area contributed by atoms with Crippen molar-refractivity contribution >= 4 is 23.4 Å². The van der Waals surface area contributed by atoms with Gasteiger partial charge in [-0.15, -0.1) is 11.8 Å². The Morgan fingerprint density at radius 1 is 1.38 bits per heavy atom. The number of piperazine rings is 1. The highest BCUT2D eigenvalue weighted by molar-refractivity contribution is 7.98. The van der Waals surface area contributed by atoms with Crippen molar-refractivity contribution in [1.82, 2.24) is 15.2 Å². The minimum Gasteiger partial charge on any atom is -0.325 e. The number of anilines is 1. The van der Waals surface area contributed by atoms with E-state index in [4.69, 9.17) is 0 Å². The maximum Gasteiger partial charge on any atom is 0.238 e. The summed E-state index contributed by atoms with van der Waals surface area (Å²) >= 11 is 1.69. The zero-order valence-corrected chi connectivity index (χ0v) is 14.6. The number of rotatable bonds is 5. The van der Waals surface area contributed by atoms with Crippen LogP contribution in [0.15, 0.2) is 53.7 Å². The Balaban J connectivity index is 1.63. The van der Waals surface area contributed by atoms with E-state index in [9.17, 15) is 4.79 Å². The normalized spacial score (nSPS) is 18.3. The lowest BCUT2D eigenvalue weighted by Crippen LogP contribution is -2.48. The van der Waals surface area contributed by atoms with Crippen molar-refractivity contribution in [3.05, 3.63) is 54.4 Å². The monoisotopic (exact) mass is 342 g/mol. The highest BCUT2D eigenvalue weighted by Crippen LogP contribution is 2.21. The molecule has 2 heterocycles. The van der Waals surface area contributed by atoms with E-state index in [1.807, 2.05) is 42.8 Å². The van der Waals surface area contributed by atoms with Crippen molar-refractivity contribution < 1.29 is 4.79 Å². The van der Waals surface area contributed by atoms with Crippen LogP contribution in [0.3, 0.4) is 0 Å². The SMILES string of the molecule is CSc1ccc(NC(=O)CN2CCNCC2c2cccnc2)cc1. The largest absolute Gasteiger partial charge is 0.325 e. The van der Waals surface area contributed by atoms with Crippen LogP contribution in [-0.4, -0.2) is 48.2 Å². The highest BCUT2D eigenvalue weighted by Gasteiger charge is 2.25. The Morgan fingerprint density at radius 2 is 2.21 bits per heavy atom. The van der Waals surface area contributed by atoms with Crippen LogP contribution >= 0.6 is 11.8 Å². The first-order valence-electron chi connectivity index (χ1n) is 8.05. The Hall–Kier alpha value is -1.89. The molecule has 0 saturated carbocycles. The molecule has 1 aromatic carbocycles. The summed E-state index contributed by atoms with van der Waals surface area (Å²) in [4.78, 5) is 20.0. The molecule has 1 saturated heterocycles. The molecule has 0 radical (unpaired) electrons. The van der Waals surface area contributed by atoms with Gasteiger partial charge in [-0.25, -0.2) is 0 Å². The summed E-state index contributed by atoms with van der Waals surface area (Å²) in [6.07, 6.45) is 5.69. The maximum atomic E-state index is 12.4. The quantitative estimate of drug-likeness (QED) is 0.817. The zero-order valence-electron chi connectivity index (χ0n) is 13.7. The van der Waals surface area contributed by atoms with Gasteiger partial charge < -0.3 is 10.6 Å². The van der Waals surface area contributed by atoms with Crippen LogP contribution in [0.5, 0.6) is 0 Å². The number of hydrogen-bond acceptors (Lipinski definition) is 5. The average Bonchev–Trinajstić information content (AvgIpc) is 2.63. The summed E-state index contributed by atoms with van der Waals surface area (Å²) in [7, 11) is 0. The summed E-state index contributed by atoms with van der Waals surface area (Å²) in [5.74, 6) is 0.0164. The summed E-state index contributed by atoms with van der Waals surface area (Å²) in [6.45, 7) is 2.96. The van der Waals surface area contributed by atoms with Gasteiger partial charge in [0.05, 0.1) is 6.54 Å². The van der Waals surface area contributed by atoms with Gasteiger partial charge in [0.2, 0.25) is 5.91 Å². The first-order chi connectivity index (χ1) is 11.8. The number of nitrogens with zero attached hydrogens (tertiary/aromatic N) is 2. The molecular formula is C18H22N4OS. The second-order valence-electron chi connectivity index (χ2n) is 5.75. The van der Waals surface area contributed by atoms with Crippen LogP contribution in [-0.2, 0) is 4.79 Å². The Kier molecular flexibility index (Phi) is 5.85. The summed E-state index contributed by atoms with van der Waals surface area (Å²) in [6, 6.07) is 12.1. The van der Waals surface area contributed by atoms with E-state index >= 15 is 0 Å². The van der Waals surface area contributed by atoms with E-state index < -0.39 is 0 Å². The van der Waals surface area contributed by atoms with Crippen molar-refractivity contribution in [2.75, 3.05) is 37.8 Å². The predicted octanol–water partition coefficient (Wildman–Crippen LogP) is 2.39. The fraction of sp³-hybridized carbons (Fsp3) is 0.333. The highest BCUT2D eigenvalue weighted by atomic mass is 32.2. The summed E-state index contributed by atoms with van der Waals surface area (Å²) < 4.78 is 0. The van der Waals surface area contributed by atoms with Crippen molar-refractivity contribution in [3.63, 3.8) is 0 Å².